The molecule has 0 aliphatic rings. The molecular weight excluding hydrogens is 382 g/mol. The first-order chi connectivity index (χ1) is 15.3. The standard InChI is InChI=1S/C28H43NO2/c1-4-6-7-8-9-10-11-12-13-16-21-30-28-22-29-20-19-26(28)25-17-14-15-18-27(25)31-23-24(3)5-2/h14-15,17-20,22,24H,4-13,16,21,23H2,1-3H3. The molecule has 0 saturated heterocycles. The molecule has 0 bridgehead atoms. The molecule has 2 aromatic rings. The lowest BCUT2D eigenvalue weighted by atomic mass is 10.0. The number of aromatic nitrogens is 1. The summed E-state index contributed by atoms with van der Waals surface area (Å²) in [5.74, 6) is 2.30. The highest BCUT2D eigenvalue weighted by Gasteiger charge is 2.12. The molecule has 1 atom stereocenters. The Morgan fingerprint density at radius 1 is 0.742 bits per heavy atom. The zero-order valence-electron chi connectivity index (χ0n) is 20.1. The average Bonchev–Trinajstić information content (AvgIpc) is 2.81. The van der Waals surface area contributed by atoms with Crippen molar-refractivity contribution in [2.45, 2.75) is 91.4 Å². The van der Waals surface area contributed by atoms with E-state index in [0.717, 1.165) is 48.7 Å². The van der Waals surface area contributed by atoms with Gasteiger partial charge < -0.3 is 9.47 Å². The van der Waals surface area contributed by atoms with Gasteiger partial charge >= 0.3 is 0 Å². The molecule has 0 saturated carbocycles. The van der Waals surface area contributed by atoms with E-state index >= 15 is 0 Å². The van der Waals surface area contributed by atoms with Crippen LogP contribution in [0.2, 0.25) is 0 Å². The third kappa shape index (κ3) is 9.76. The van der Waals surface area contributed by atoms with Crippen molar-refractivity contribution in [2.24, 2.45) is 5.92 Å². The zero-order chi connectivity index (χ0) is 22.2. The van der Waals surface area contributed by atoms with Gasteiger partial charge in [0.05, 0.1) is 19.4 Å². The Morgan fingerprint density at radius 2 is 1.39 bits per heavy atom. The third-order valence-electron chi connectivity index (χ3n) is 5.94. The van der Waals surface area contributed by atoms with Gasteiger partial charge in [-0.15, -0.1) is 0 Å². The van der Waals surface area contributed by atoms with Crippen molar-refractivity contribution in [3.63, 3.8) is 0 Å². The molecule has 0 spiro atoms. The molecule has 1 aromatic heterocycles. The summed E-state index contributed by atoms with van der Waals surface area (Å²) in [7, 11) is 0. The monoisotopic (exact) mass is 425 g/mol. The second-order valence-electron chi connectivity index (χ2n) is 8.72. The van der Waals surface area contributed by atoms with Crippen LogP contribution < -0.4 is 9.47 Å². The Bertz CT molecular complexity index is 716. The molecule has 0 aliphatic heterocycles. The van der Waals surface area contributed by atoms with Gasteiger partial charge in [0.2, 0.25) is 0 Å². The Labute approximate surface area is 190 Å². The van der Waals surface area contributed by atoms with Crippen LogP contribution in [0, 0.1) is 5.92 Å². The van der Waals surface area contributed by atoms with Crippen molar-refractivity contribution < 1.29 is 9.47 Å². The van der Waals surface area contributed by atoms with Crippen LogP contribution in [0.1, 0.15) is 91.4 Å². The van der Waals surface area contributed by atoms with Crippen LogP contribution in [-0.2, 0) is 0 Å². The van der Waals surface area contributed by atoms with E-state index in [0.29, 0.717) is 5.92 Å². The van der Waals surface area contributed by atoms with Gasteiger partial charge in [0, 0.05) is 17.3 Å². The lowest BCUT2D eigenvalue weighted by Gasteiger charge is -2.16. The number of benzene rings is 1. The van der Waals surface area contributed by atoms with E-state index in [1.165, 1.54) is 57.8 Å². The number of ether oxygens (including phenoxy) is 2. The second kappa shape index (κ2) is 15.7. The van der Waals surface area contributed by atoms with Gasteiger partial charge in [-0.05, 0) is 24.5 Å². The molecule has 172 valence electrons. The highest BCUT2D eigenvalue weighted by Crippen LogP contribution is 2.36. The molecule has 1 aromatic carbocycles. The summed E-state index contributed by atoms with van der Waals surface area (Å²) in [6.07, 6.45) is 18.1. The Morgan fingerprint density at radius 3 is 2.10 bits per heavy atom. The van der Waals surface area contributed by atoms with Crippen LogP contribution in [0.4, 0.5) is 0 Å². The van der Waals surface area contributed by atoms with E-state index in [9.17, 15) is 0 Å². The largest absolute Gasteiger partial charge is 0.493 e. The summed E-state index contributed by atoms with van der Waals surface area (Å²) in [6, 6.07) is 10.3. The quantitative estimate of drug-likeness (QED) is 0.238. The maximum absolute atomic E-state index is 6.15. The van der Waals surface area contributed by atoms with Gasteiger partial charge in [0.25, 0.3) is 0 Å². The minimum atomic E-state index is 0.539. The average molecular weight is 426 g/mol. The molecule has 31 heavy (non-hydrogen) atoms. The van der Waals surface area contributed by atoms with Crippen molar-refractivity contribution >= 4 is 0 Å². The number of hydrogen-bond acceptors (Lipinski definition) is 3. The van der Waals surface area contributed by atoms with Crippen LogP contribution in [0.5, 0.6) is 11.5 Å². The Kier molecular flexibility index (Phi) is 12.8. The molecule has 3 nitrogen and oxygen atoms in total. The van der Waals surface area contributed by atoms with Crippen LogP contribution in [0.15, 0.2) is 42.7 Å². The third-order valence-corrected chi connectivity index (χ3v) is 5.94. The van der Waals surface area contributed by atoms with Crippen molar-refractivity contribution in [2.75, 3.05) is 13.2 Å². The van der Waals surface area contributed by atoms with Gasteiger partial charge in [-0.2, -0.15) is 0 Å². The first kappa shape index (κ1) is 25.2. The molecule has 0 fully saturated rings. The van der Waals surface area contributed by atoms with Gasteiger partial charge in [-0.25, -0.2) is 0 Å². The smallest absolute Gasteiger partial charge is 0.145 e. The number of hydrogen-bond donors (Lipinski definition) is 0. The molecule has 3 heteroatoms. The van der Waals surface area contributed by atoms with Crippen LogP contribution in [0.25, 0.3) is 11.1 Å². The topological polar surface area (TPSA) is 31.4 Å². The number of unbranched alkanes of at least 4 members (excludes halogenated alkanes) is 9. The molecule has 1 unspecified atom stereocenters. The molecule has 0 N–H and O–H groups in total. The highest BCUT2D eigenvalue weighted by molar-refractivity contribution is 5.75. The van der Waals surface area contributed by atoms with E-state index in [2.05, 4.69) is 37.9 Å². The predicted molar refractivity (Wildman–Crippen MR) is 132 cm³/mol. The van der Waals surface area contributed by atoms with Crippen LogP contribution >= 0.6 is 0 Å². The van der Waals surface area contributed by atoms with Gasteiger partial charge in [-0.1, -0.05) is 103 Å². The Hall–Kier alpha value is -2.03. The molecule has 0 aliphatic carbocycles. The summed E-state index contributed by atoms with van der Waals surface area (Å²) in [5, 5.41) is 0. The fourth-order valence-electron chi connectivity index (χ4n) is 3.65. The predicted octanol–water partition coefficient (Wildman–Crippen LogP) is 8.47. The number of rotatable bonds is 17. The molecule has 1 heterocycles. The van der Waals surface area contributed by atoms with Crippen LogP contribution in [-0.4, -0.2) is 18.2 Å². The van der Waals surface area contributed by atoms with E-state index in [1.807, 2.05) is 30.6 Å². The maximum atomic E-state index is 6.15. The summed E-state index contributed by atoms with van der Waals surface area (Å²) in [5.41, 5.74) is 2.13. The van der Waals surface area contributed by atoms with Crippen LogP contribution in [0.3, 0.4) is 0 Å². The SMILES string of the molecule is CCCCCCCCCCCCOc1cnccc1-c1ccccc1OCC(C)CC. The summed E-state index contributed by atoms with van der Waals surface area (Å²) < 4.78 is 12.3. The fourth-order valence-corrected chi connectivity index (χ4v) is 3.65. The highest BCUT2D eigenvalue weighted by atomic mass is 16.5. The van der Waals surface area contributed by atoms with Gasteiger partial charge in [0.1, 0.15) is 11.5 Å². The summed E-state index contributed by atoms with van der Waals surface area (Å²) in [4.78, 5) is 4.29. The lowest BCUT2D eigenvalue weighted by molar-refractivity contribution is 0.257. The molecular formula is C28H43NO2. The molecule has 0 amide bonds. The zero-order valence-corrected chi connectivity index (χ0v) is 20.1. The number of pyridine rings is 1. The maximum Gasteiger partial charge on any atom is 0.145 e. The first-order valence-electron chi connectivity index (χ1n) is 12.5. The van der Waals surface area contributed by atoms with E-state index in [-0.39, 0.29) is 0 Å². The van der Waals surface area contributed by atoms with Crippen molar-refractivity contribution in [1.82, 2.24) is 4.98 Å². The first-order valence-corrected chi connectivity index (χ1v) is 12.5. The molecule has 2 rings (SSSR count). The minimum Gasteiger partial charge on any atom is -0.493 e. The summed E-state index contributed by atoms with van der Waals surface area (Å²) >= 11 is 0. The molecule has 0 radical (unpaired) electrons. The van der Waals surface area contributed by atoms with E-state index in [4.69, 9.17) is 9.47 Å². The van der Waals surface area contributed by atoms with Gasteiger partial charge in [0.15, 0.2) is 0 Å². The van der Waals surface area contributed by atoms with Crippen molar-refractivity contribution in [3.05, 3.63) is 42.7 Å². The summed E-state index contributed by atoms with van der Waals surface area (Å²) in [6.45, 7) is 8.16. The number of nitrogens with zero attached hydrogens (tertiary/aromatic N) is 1. The van der Waals surface area contributed by atoms with Gasteiger partial charge in [-0.3, -0.25) is 4.98 Å². The Balaban J connectivity index is 1.79. The van der Waals surface area contributed by atoms with E-state index < -0.39 is 0 Å². The second-order valence-corrected chi connectivity index (χ2v) is 8.72. The normalized spacial score (nSPS) is 12.0. The minimum absolute atomic E-state index is 0.539. The van der Waals surface area contributed by atoms with E-state index in [1.54, 1.807) is 0 Å². The lowest BCUT2D eigenvalue weighted by Crippen LogP contribution is -2.08. The fraction of sp³-hybridized carbons (Fsp3) is 0.607. The van der Waals surface area contributed by atoms with Crippen molar-refractivity contribution in [1.29, 1.82) is 0 Å². The number of para-hydroxylation sites is 1. The van der Waals surface area contributed by atoms with Crippen molar-refractivity contribution in [3.8, 4) is 22.6 Å².